The number of hydrogen-bond acceptors (Lipinski definition) is 0. The summed E-state index contributed by atoms with van der Waals surface area (Å²) < 4.78 is 0. The first kappa shape index (κ1) is 9.21. The number of hydrogen-bond donors (Lipinski definition) is 0. The van der Waals surface area contributed by atoms with E-state index in [1.807, 2.05) is 0 Å². The fourth-order valence-electron chi connectivity index (χ4n) is 3.04. The van der Waals surface area contributed by atoms with Crippen LogP contribution in [0, 0.1) is 5.92 Å². The summed E-state index contributed by atoms with van der Waals surface area (Å²) in [4.78, 5) is 0. The van der Waals surface area contributed by atoms with Gasteiger partial charge in [-0.1, -0.05) is 48.8 Å². The van der Waals surface area contributed by atoms with Crippen LogP contribution in [-0.2, 0) is 0 Å². The van der Waals surface area contributed by atoms with Crippen molar-refractivity contribution in [3.63, 3.8) is 0 Å². The van der Waals surface area contributed by atoms with Gasteiger partial charge in [-0.2, -0.15) is 0 Å². The summed E-state index contributed by atoms with van der Waals surface area (Å²) >= 11 is 0. The summed E-state index contributed by atoms with van der Waals surface area (Å²) in [5.74, 6) is 0.685. The highest BCUT2D eigenvalue weighted by molar-refractivity contribution is 5.54. The molecule has 1 unspecified atom stereocenters. The van der Waals surface area contributed by atoms with E-state index in [1.165, 1.54) is 32.1 Å². The van der Waals surface area contributed by atoms with Crippen LogP contribution in [0.1, 0.15) is 39.0 Å². The third kappa shape index (κ3) is 1.35. The molecule has 0 aliphatic heterocycles. The molecule has 0 aromatic rings. The van der Waals surface area contributed by atoms with Crippen LogP contribution in [0.3, 0.4) is 0 Å². The highest BCUT2D eigenvalue weighted by Gasteiger charge is 2.33. The standard InChI is InChI=1S/C15H18/c1-2-5-12-10-15(11-6-3-4-7-11)14-9-8-13(12)14/h3-4,6,10,15H,2,5,7-9H2,1H3. The molecule has 0 radical (unpaired) electrons. The van der Waals surface area contributed by atoms with Crippen molar-refractivity contribution >= 4 is 0 Å². The Morgan fingerprint density at radius 1 is 1.33 bits per heavy atom. The molecule has 0 fully saturated rings. The lowest BCUT2D eigenvalue weighted by atomic mass is 9.80. The van der Waals surface area contributed by atoms with Crippen molar-refractivity contribution in [1.82, 2.24) is 0 Å². The molecule has 0 heterocycles. The van der Waals surface area contributed by atoms with Crippen LogP contribution in [0.4, 0.5) is 0 Å². The Bertz CT molecular complexity index is 402. The third-order valence-corrected chi connectivity index (χ3v) is 3.88. The summed E-state index contributed by atoms with van der Waals surface area (Å²) in [5.41, 5.74) is 6.74. The highest BCUT2D eigenvalue weighted by Crippen LogP contribution is 2.49. The van der Waals surface area contributed by atoms with Crippen LogP contribution in [0.25, 0.3) is 0 Å². The maximum Gasteiger partial charge on any atom is 0.0205 e. The quantitative estimate of drug-likeness (QED) is 0.633. The van der Waals surface area contributed by atoms with Gasteiger partial charge in [0, 0.05) is 5.92 Å². The van der Waals surface area contributed by atoms with Crippen LogP contribution in [-0.4, -0.2) is 0 Å². The van der Waals surface area contributed by atoms with Gasteiger partial charge in [-0.15, -0.1) is 0 Å². The van der Waals surface area contributed by atoms with Crippen LogP contribution in [0.15, 0.2) is 46.6 Å². The lowest BCUT2D eigenvalue weighted by molar-refractivity contribution is 0.721. The van der Waals surface area contributed by atoms with E-state index in [0.29, 0.717) is 5.92 Å². The van der Waals surface area contributed by atoms with Crippen molar-refractivity contribution in [2.24, 2.45) is 5.92 Å². The van der Waals surface area contributed by atoms with E-state index in [0.717, 1.165) is 0 Å². The van der Waals surface area contributed by atoms with Crippen molar-refractivity contribution in [1.29, 1.82) is 0 Å². The zero-order chi connectivity index (χ0) is 10.3. The van der Waals surface area contributed by atoms with E-state index in [2.05, 4.69) is 31.2 Å². The Hall–Kier alpha value is -1.04. The van der Waals surface area contributed by atoms with Crippen molar-refractivity contribution in [3.05, 3.63) is 46.6 Å². The monoisotopic (exact) mass is 198 g/mol. The normalized spacial score (nSPS) is 27.7. The summed E-state index contributed by atoms with van der Waals surface area (Å²) in [6, 6.07) is 0. The fourth-order valence-corrected chi connectivity index (χ4v) is 3.04. The lowest BCUT2D eigenvalue weighted by Crippen LogP contribution is -2.08. The zero-order valence-corrected chi connectivity index (χ0v) is 9.42. The maximum absolute atomic E-state index is 2.54. The molecule has 0 saturated carbocycles. The van der Waals surface area contributed by atoms with E-state index < -0.39 is 0 Å². The topological polar surface area (TPSA) is 0 Å². The molecule has 0 nitrogen and oxygen atoms in total. The van der Waals surface area contributed by atoms with E-state index in [1.54, 1.807) is 22.3 Å². The second kappa shape index (κ2) is 3.52. The van der Waals surface area contributed by atoms with Crippen LogP contribution >= 0.6 is 0 Å². The van der Waals surface area contributed by atoms with E-state index in [-0.39, 0.29) is 0 Å². The van der Waals surface area contributed by atoms with Gasteiger partial charge in [-0.05, 0) is 36.8 Å². The van der Waals surface area contributed by atoms with Gasteiger partial charge in [0.25, 0.3) is 0 Å². The van der Waals surface area contributed by atoms with Crippen molar-refractivity contribution in [2.45, 2.75) is 39.0 Å². The summed E-state index contributed by atoms with van der Waals surface area (Å²) in [7, 11) is 0. The maximum atomic E-state index is 2.54. The number of rotatable bonds is 3. The molecule has 0 saturated heterocycles. The third-order valence-electron chi connectivity index (χ3n) is 3.88. The molecule has 3 aliphatic rings. The lowest BCUT2D eigenvalue weighted by Gasteiger charge is -2.24. The minimum Gasteiger partial charge on any atom is -0.0804 e. The second-order valence-electron chi connectivity index (χ2n) is 4.80. The van der Waals surface area contributed by atoms with Gasteiger partial charge in [0.1, 0.15) is 0 Å². The van der Waals surface area contributed by atoms with Gasteiger partial charge in [0.05, 0.1) is 0 Å². The molecule has 3 aliphatic carbocycles. The summed E-state index contributed by atoms with van der Waals surface area (Å²) in [6.45, 7) is 2.28. The Labute approximate surface area is 92.1 Å². The van der Waals surface area contributed by atoms with E-state index in [9.17, 15) is 0 Å². The highest BCUT2D eigenvalue weighted by atomic mass is 14.4. The molecule has 0 bridgehead atoms. The van der Waals surface area contributed by atoms with Crippen LogP contribution < -0.4 is 0 Å². The van der Waals surface area contributed by atoms with E-state index >= 15 is 0 Å². The minimum absolute atomic E-state index is 0.685. The molecule has 15 heavy (non-hydrogen) atoms. The van der Waals surface area contributed by atoms with Crippen LogP contribution in [0.5, 0.6) is 0 Å². The molecular formula is C15H18. The smallest absolute Gasteiger partial charge is 0.0205 e. The first-order chi connectivity index (χ1) is 7.40. The largest absolute Gasteiger partial charge is 0.0804 e. The zero-order valence-electron chi connectivity index (χ0n) is 9.42. The predicted molar refractivity (Wildman–Crippen MR) is 64.6 cm³/mol. The SMILES string of the molecule is CCCC1=CC(C2=CC=CC2)C2=C1CC2. The average molecular weight is 198 g/mol. The van der Waals surface area contributed by atoms with Gasteiger partial charge in [0.2, 0.25) is 0 Å². The average Bonchev–Trinajstić information content (AvgIpc) is 2.73. The molecule has 0 N–H and O–H groups in total. The Balaban J connectivity index is 1.87. The Morgan fingerprint density at radius 3 is 2.87 bits per heavy atom. The van der Waals surface area contributed by atoms with Crippen molar-refractivity contribution < 1.29 is 0 Å². The second-order valence-corrected chi connectivity index (χ2v) is 4.80. The minimum atomic E-state index is 0.685. The molecule has 78 valence electrons. The first-order valence-corrected chi connectivity index (χ1v) is 6.18. The summed E-state index contributed by atoms with van der Waals surface area (Å²) in [5, 5.41) is 0. The molecular weight excluding hydrogens is 180 g/mol. The Kier molecular flexibility index (Phi) is 2.16. The van der Waals surface area contributed by atoms with Gasteiger partial charge in [-0.3, -0.25) is 0 Å². The van der Waals surface area contributed by atoms with Crippen molar-refractivity contribution in [3.8, 4) is 0 Å². The van der Waals surface area contributed by atoms with E-state index in [4.69, 9.17) is 0 Å². The van der Waals surface area contributed by atoms with Gasteiger partial charge < -0.3 is 0 Å². The fraction of sp³-hybridized carbons (Fsp3) is 0.467. The first-order valence-electron chi connectivity index (χ1n) is 6.18. The molecule has 0 aromatic carbocycles. The molecule has 0 heteroatoms. The molecule has 1 atom stereocenters. The van der Waals surface area contributed by atoms with Crippen LogP contribution in [0.2, 0.25) is 0 Å². The van der Waals surface area contributed by atoms with Crippen molar-refractivity contribution in [2.75, 3.05) is 0 Å². The van der Waals surface area contributed by atoms with Gasteiger partial charge >= 0.3 is 0 Å². The van der Waals surface area contributed by atoms with Gasteiger partial charge in [0.15, 0.2) is 0 Å². The summed E-state index contributed by atoms with van der Waals surface area (Å²) in [6.07, 6.45) is 15.8. The Morgan fingerprint density at radius 2 is 2.27 bits per heavy atom. The molecule has 0 aromatic heterocycles. The molecule has 3 rings (SSSR count). The number of allylic oxidation sites excluding steroid dienone is 8. The van der Waals surface area contributed by atoms with Gasteiger partial charge in [-0.25, -0.2) is 0 Å². The molecule has 0 spiro atoms. The predicted octanol–water partition coefficient (Wildman–Crippen LogP) is 4.32. The molecule has 0 amide bonds.